The predicted molar refractivity (Wildman–Crippen MR) is 113 cm³/mol. The van der Waals surface area contributed by atoms with Crippen LogP contribution in [0.5, 0.6) is 17.2 Å². The average Bonchev–Trinajstić information content (AvgIpc) is 2.73. The maximum atomic E-state index is 13.3. The van der Waals surface area contributed by atoms with Crippen molar-refractivity contribution in [3.63, 3.8) is 0 Å². The standard InChI is InChI=1S/C25H20O6/c1-14(26)31-16-11-8-15(9-12-16)10-13-21(29)22-17-4-2-6-19(27)23(17)25(30)24-18(22)5-3-7-20(24)28/h2-9,11-12,22,27-28H,10,13H2,1H3. The Hall–Kier alpha value is -3.93. The summed E-state index contributed by atoms with van der Waals surface area (Å²) in [5.41, 5.74) is 1.89. The zero-order valence-corrected chi connectivity index (χ0v) is 16.8. The van der Waals surface area contributed by atoms with E-state index in [-0.39, 0.29) is 34.8 Å². The Kier molecular flexibility index (Phi) is 5.29. The van der Waals surface area contributed by atoms with E-state index >= 15 is 0 Å². The number of phenols is 2. The van der Waals surface area contributed by atoms with Crippen molar-refractivity contribution in [2.24, 2.45) is 0 Å². The molecule has 31 heavy (non-hydrogen) atoms. The fourth-order valence-corrected chi connectivity index (χ4v) is 4.03. The van der Waals surface area contributed by atoms with E-state index in [9.17, 15) is 24.6 Å². The van der Waals surface area contributed by atoms with Crippen LogP contribution in [0.2, 0.25) is 0 Å². The molecule has 0 amide bonds. The van der Waals surface area contributed by atoms with Crippen molar-refractivity contribution >= 4 is 17.5 Å². The first-order valence-corrected chi connectivity index (χ1v) is 9.85. The van der Waals surface area contributed by atoms with Gasteiger partial charge in [-0.1, -0.05) is 36.4 Å². The second-order valence-corrected chi connectivity index (χ2v) is 7.45. The van der Waals surface area contributed by atoms with Crippen LogP contribution in [0.25, 0.3) is 0 Å². The lowest BCUT2D eigenvalue weighted by Crippen LogP contribution is -2.25. The smallest absolute Gasteiger partial charge is 0.308 e. The number of ether oxygens (including phenoxy) is 1. The number of carbonyl (C=O) groups is 3. The summed E-state index contributed by atoms with van der Waals surface area (Å²) >= 11 is 0. The first-order chi connectivity index (χ1) is 14.9. The topological polar surface area (TPSA) is 101 Å². The van der Waals surface area contributed by atoms with Crippen molar-refractivity contribution in [3.05, 3.63) is 88.5 Å². The van der Waals surface area contributed by atoms with E-state index in [2.05, 4.69) is 0 Å². The molecule has 156 valence electrons. The number of benzene rings is 3. The second-order valence-electron chi connectivity index (χ2n) is 7.45. The minimum Gasteiger partial charge on any atom is -0.507 e. The van der Waals surface area contributed by atoms with Gasteiger partial charge in [0.15, 0.2) is 0 Å². The molecule has 0 spiro atoms. The van der Waals surface area contributed by atoms with Crippen molar-refractivity contribution in [3.8, 4) is 17.2 Å². The van der Waals surface area contributed by atoms with E-state index < -0.39 is 17.7 Å². The van der Waals surface area contributed by atoms with E-state index in [1.165, 1.54) is 19.1 Å². The van der Waals surface area contributed by atoms with Gasteiger partial charge < -0.3 is 14.9 Å². The number of hydrogen-bond acceptors (Lipinski definition) is 6. The van der Waals surface area contributed by atoms with Crippen LogP contribution in [0.15, 0.2) is 60.7 Å². The maximum Gasteiger partial charge on any atom is 0.308 e. The first kappa shape index (κ1) is 20.3. The molecule has 0 saturated heterocycles. The first-order valence-electron chi connectivity index (χ1n) is 9.85. The third-order valence-electron chi connectivity index (χ3n) is 5.39. The molecule has 1 aliphatic rings. The van der Waals surface area contributed by atoms with Gasteiger partial charge in [0, 0.05) is 13.3 Å². The summed E-state index contributed by atoms with van der Waals surface area (Å²) in [5, 5.41) is 20.6. The summed E-state index contributed by atoms with van der Waals surface area (Å²) in [6.45, 7) is 1.33. The molecule has 0 saturated carbocycles. The lowest BCUT2D eigenvalue weighted by Gasteiger charge is -2.27. The van der Waals surface area contributed by atoms with E-state index in [1.54, 1.807) is 48.5 Å². The molecule has 3 aromatic carbocycles. The summed E-state index contributed by atoms with van der Waals surface area (Å²) in [7, 11) is 0. The van der Waals surface area contributed by atoms with Gasteiger partial charge in [-0.2, -0.15) is 0 Å². The summed E-state index contributed by atoms with van der Waals surface area (Å²) in [4.78, 5) is 37.3. The van der Waals surface area contributed by atoms with Gasteiger partial charge in [0.2, 0.25) is 5.78 Å². The van der Waals surface area contributed by atoms with Crippen LogP contribution in [0.4, 0.5) is 0 Å². The van der Waals surface area contributed by atoms with E-state index in [4.69, 9.17) is 4.74 Å². The van der Waals surface area contributed by atoms with Crippen LogP contribution in [0, 0.1) is 0 Å². The van der Waals surface area contributed by atoms with Gasteiger partial charge in [0.1, 0.15) is 23.0 Å². The lowest BCUT2D eigenvalue weighted by atomic mass is 9.74. The molecule has 6 heteroatoms. The molecule has 0 aliphatic heterocycles. The number of fused-ring (bicyclic) bond motifs is 2. The van der Waals surface area contributed by atoms with Gasteiger partial charge in [-0.05, 0) is 47.4 Å². The molecule has 0 unspecified atom stereocenters. The highest BCUT2D eigenvalue weighted by Gasteiger charge is 2.37. The van der Waals surface area contributed by atoms with Crippen molar-refractivity contribution in [2.75, 3.05) is 0 Å². The van der Waals surface area contributed by atoms with Crippen LogP contribution in [0.3, 0.4) is 0 Å². The molecule has 1 aliphatic carbocycles. The molecular weight excluding hydrogens is 396 g/mol. The number of hydrogen-bond donors (Lipinski definition) is 2. The van der Waals surface area contributed by atoms with E-state index in [1.807, 2.05) is 0 Å². The van der Waals surface area contributed by atoms with E-state index in [0.29, 0.717) is 23.3 Å². The quantitative estimate of drug-likeness (QED) is 0.483. The minimum atomic E-state index is -0.762. The molecule has 0 aromatic heterocycles. The molecule has 0 fully saturated rings. The fraction of sp³-hybridized carbons (Fsp3) is 0.160. The number of phenolic OH excluding ortho intramolecular Hbond substituents is 2. The predicted octanol–water partition coefficient (Wildman–Crippen LogP) is 3.90. The number of ketones is 2. The lowest BCUT2D eigenvalue weighted by molar-refractivity contribution is -0.131. The number of Topliss-reactive ketones (excluding diaryl/α,β-unsaturated/α-hetero) is 1. The monoisotopic (exact) mass is 416 g/mol. The van der Waals surface area contributed by atoms with E-state index in [0.717, 1.165) is 5.56 Å². The van der Waals surface area contributed by atoms with Gasteiger partial charge in [0.25, 0.3) is 0 Å². The molecule has 0 bridgehead atoms. The molecule has 4 rings (SSSR count). The third-order valence-corrected chi connectivity index (χ3v) is 5.39. The molecule has 6 nitrogen and oxygen atoms in total. The number of carbonyl (C=O) groups excluding carboxylic acids is 3. The summed E-state index contributed by atoms with van der Waals surface area (Å²) in [6, 6.07) is 16.2. The Bertz CT molecular complexity index is 1140. The Morgan fingerprint density at radius 2 is 1.42 bits per heavy atom. The summed E-state index contributed by atoms with van der Waals surface area (Å²) in [6.07, 6.45) is 0.641. The Morgan fingerprint density at radius 3 is 1.94 bits per heavy atom. The zero-order chi connectivity index (χ0) is 22.1. The molecule has 2 N–H and O–H groups in total. The Morgan fingerprint density at radius 1 is 0.871 bits per heavy atom. The SMILES string of the molecule is CC(=O)Oc1ccc(CCC(=O)C2c3cccc(O)c3C(=O)c3c(O)cccc32)cc1. The molecule has 0 radical (unpaired) electrons. The van der Waals surface area contributed by atoms with Crippen LogP contribution < -0.4 is 4.74 Å². The van der Waals surface area contributed by atoms with Crippen molar-refractivity contribution in [1.82, 2.24) is 0 Å². The summed E-state index contributed by atoms with van der Waals surface area (Å²) < 4.78 is 5.02. The number of esters is 1. The minimum absolute atomic E-state index is 0.0561. The molecule has 3 aromatic rings. The van der Waals surface area contributed by atoms with Crippen molar-refractivity contribution in [1.29, 1.82) is 0 Å². The largest absolute Gasteiger partial charge is 0.507 e. The highest BCUT2D eigenvalue weighted by Crippen LogP contribution is 2.43. The Balaban J connectivity index is 1.63. The van der Waals surface area contributed by atoms with Gasteiger partial charge in [-0.15, -0.1) is 0 Å². The molecule has 0 atom stereocenters. The van der Waals surface area contributed by atoms with Crippen LogP contribution in [-0.2, 0) is 16.0 Å². The molecule has 0 heterocycles. The maximum absolute atomic E-state index is 13.3. The normalized spacial score (nSPS) is 12.7. The van der Waals surface area contributed by atoms with Gasteiger partial charge >= 0.3 is 5.97 Å². The van der Waals surface area contributed by atoms with Crippen molar-refractivity contribution in [2.45, 2.75) is 25.7 Å². The zero-order valence-electron chi connectivity index (χ0n) is 16.8. The van der Waals surface area contributed by atoms with Crippen LogP contribution >= 0.6 is 0 Å². The molecular formula is C25H20O6. The fourth-order valence-electron chi connectivity index (χ4n) is 4.03. The highest BCUT2D eigenvalue weighted by molar-refractivity contribution is 6.18. The van der Waals surface area contributed by atoms with Crippen LogP contribution in [-0.4, -0.2) is 27.7 Å². The number of aromatic hydroxyl groups is 2. The Labute approximate surface area is 178 Å². The highest BCUT2D eigenvalue weighted by atomic mass is 16.5. The number of rotatable bonds is 5. The van der Waals surface area contributed by atoms with Crippen molar-refractivity contribution < 1.29 is 29.3 Å². The van der Waals surface area contributed by atoms with Gasteiger partial charge in [0.05, 0.1) is 17.0 Å². The average molecular weight is 416 g/mol. The summed E-state index contributed by atoms with van der Waals surface area (Å²) in [5.74, 6) is -1.78. The third kappa shape index (κ3) is 3.80. The number of aryl methyl sites for hydroxylation is 1. The van der Waals surface area contributed by atoms with Gasteiger partial charge in [-0.3, -0.25) is 14.4 Å². The van der Waals surface area contributed by atoms with Crippen LogP contribution in [0.1, 0.15) is 51.9 Å². The second kappa shape index (κ2) is 8.07. The van der Waals surface area contributed by atoms with Gasteiger partial charge in [-0.25, -0.2) is 0 Å².